The van der Waals surface area contributed by atoms with Crippen molar-refractivity contribution in [3.63, 3.8) is 0 Å². The summed E-state index contributed by atoms with van der Waals surface area (Å²) in [5, 5.41) is 2.90. The molecule has 0 saturated carbocycles. The van der Waals surface area contributed by atoms with Crippen LogP contribution in [0.4, 0.5) is 5.69 Å². The van der Waals surface area contributed by atoms with Crippen LogP contribution in [-0.2, 0) is 11.2 Å². The first-order chi connectivity index (χ1) is 9.17. The van der Waals surface area contributed by atoms with Crippen molar-refractivity contribution >= 4 is 23.4 Å². The van der Waals surface area contributed by atoms with Crippen LogP contribution in [0.5, 0.6) is 0 Å². The molecule has 0 atom stereocenters. The molecule has 0 spiro atoms. The molecular formula is C16H17NOS. The summed E-state index contributed by atoms with van der Waals surface area (Å²) in [5.74, 6) is 0.0146. The first-order valence-corrected chi connectivity index (χ1v) is 7.39. The van der Waals surface area contributed by atoms with Crippen LogP contribution in [0.25, 0.3) is 0 Å². The molecule has 2 aromatic carbocycles. The van der Waals surface area contributed by atoms with Gasteiger partial charge in [0, 0.05) is 10.6 Å². The Hall–Kier alpha value is -1.74. The van der Waals surface area contributed by atoms with Crippen LogP contribution >= 0.6 is 11.8 Å². The first kappa shape index (κ1) is 13.7. The molecule has 0 aliphatic carbocycles. The first-order valence-electron chi connectivity index (χ1n) is 6.17. The van der Waals surface area contributed by atoms with E-state index in [1.807, 2.05) is 61.7 Å². The van der Waals surface area contributed by atoms with Crippen molar-refractivity contribution in [3.8, 4) is 0 Å². The fraction of sp³-hybridized carbons (Fsp3) is 0.188. The molecule has 1 amide bonds. The average Bonchev–Trinajstić information content (AvgIpc) is 2.42. The van der Waals surface area contributed by atoms with Gasteiger partial charge in [-0.2, -0.15) is 0 Å². The summed E-state index contributed by atoms with van der Waals surface area (Å²) in [6.45, 7) is 2.03. The highest BCUT2D eigenvalue weighted by Crippen LogP contribution is 2.15. The number of nitrogens with one attached hydrogen (secondary N) is 1. The molecule has 0 aliphatic heterocycles. The molecule has 2 rings (SSSR count). The molecule has 0 aliphatic rings. The Balaban J connectivity index is 1.95. The van der Waals surface area contributed by atoms with Gasteiger partial charge < -0.3 is 5.32 Å². The molecular weight excluding hydrogens is 254 g/mol. The second-order valence-corrected chi connectivity index (χ2v) is 5.32. The molecule has 3 heteroatoms. The highest BCUT2D eigenvalue weighted by molar-refractivity contribution is 7.98. The monoisotopic (exact) mass is 271 g/mol. The molecule has 0 radical (unpaired) electrons. The van der Waals surface area contributed by atoms with Crippen molar-refractivity contribution in [2.75, 3.05) is 11.6 Å². The molecule has 0 heterocycles. The molecule has 0 saturated heterocycles. The second-order valence-electron chi connectivity index (χ2n) is 4.44. The lowest BCUT2D eigenvalue weighted by Crippen LogP contribution is -2.14. The van der Waals surface area contributed by atoms with E-state index < -0.39 is 0 Å². The van der Waals surface area contributed by atoms with Crippen LogP contribution in [0, 0.1) is 6.92 Å². The van der Waals surface area contributed by atoms with E-state index in [1.54, 1.807) is 11.8 Å². The Morgan fingerprint density at radius 1 is 1.05 bits per heavy atom. The lowest BCUT2D eigenvalue weighted by molar-refractivity contribution is -0.115. The van der Waals surface area contributed by atoms with E-state index in [2.05, 4.69) is 5.32 Å². The third-order valence-corrected chi connectivity index (χ3v) is 3.60. The van der Waals surface area contributed by atoms with E-state index in [0.29, 0.717) is 6.42 Å². The highest BCUT2D eigenvalue weighted by Gasteiger charge is 2.04. The number of thioether (sulfide) groups is 1. The van der Waals surface area contributed by atoms with Crippen LogP contribution in [-0.4, -0.2) is 12.2 Å². The van der Waals surface area contributed by atoms with E-state index >= 15 is 0 Å². The van der Waals surface area contributed by atoms with Crippen LogP contribution in [0.3, 0.4) is 0 Å². The smallest absolute Gasteiger partial charge is 0.228 e. The Kier molecular flexibility index (Phi) is 4.63. The second kappa shape index (κ2) is 6.43. The third-order valence-electron chi connectivity index (χ3n) is 2.86. The van der Waals surface area contributed by atoms with Crippen LogP contribution in [0.1, 0.15) is 11.1 Å². The van der Waals surface area contributed by atoms with E-state index in [4.69, 9.17) is 0 Å². The SMILES string of the molecule is CSc1ccc(CC(=O)Nc2ccc(C)cc2)cc1. The molecule has 0 unspecified atom stereocenters. The molecule has 2 aromatic rings. The van der Waals surface area contributed by atoms with E-state index in [9.17, 15) is 4.79 Å². The largest absolute Gasteiger partial charge is 0.326 e. The summed E-state index contributed by atoms with van der Waals surface area (Å²) in [4.78, 5) is 13.1. The number of carbonyl (C=O) groups is 1. The number of rotatable bonds is 4. The Morgan fingerprint density at radius 2 is 1.68 bits per heavy atom. The summed E-state index contributed by atoms with van der Waals surface area (Å²) >= 11 is 1.70. The molecule has 1 N–H and O–H groups in total. The number of hydrogen-bond acceptors (Lipinski definition) is 2. The van der Waals surface area contributed by atoms with Crippen LogP contribution in [0.2, 0.25) is 0 Å². The van der Waals surface area contributed by atoms with Gasteiger partial charge in [-0.1, -0.05) is 29.8 Å². The van der Waals surface area contributed by atoms with E-state index in [-0.39, 0.29) is 5.91 Å². The number of amides is 1. The number of carbonyl (C=O) groups excluding carboxylic acids is 1. The van der Waals surface area contributed by atoms with Crippen molar-refractivity contribution in [3.05, 3.63) is 59.7 Å². The Morgan fingerprint density at radius 3 is 2.26 bits per heavy atom. The normalized spacial score (nSPS) is 10.2. The predicted molar refractivity (Wildman–Crippen MR) is 81.7 cm³/mol. The average molecular weight is 271 g/mol. The van der Waals surface area contributed by atoms with Crippen molar-refractivity contribution in [2.45, 2.75) is 18.2 Å². The standard InChI is InChI=1S/C16H17NOS/c1-12-3-7-14(8-4-12)17-16(18)11-13-5-9-15(19-2)10-6-13/h3-10H,11H2,1-2H3,(H,17,18). The number of anilines is 1. The maximum absolute atomic E-state index is 11.9. The molecule has 0 fully saturated rings. The maximum Gasteiger partial charge on any atom is 0.228 e. The minimum absolute atomic E-state index is 0.0146. The van der Waals surface area contributed by atoms with Crippen molar-refractivity contribution < 1.29 is 4.79 Å². The van der Waals surface area contributed by atoms with E-state index in [1.165, 1.54) is 10.5 Å². The molecule has 98 valence electrons. The van der Waals surface area contributed by atoms with Crippen LogP contribution in [0.15, 0.2) is 53.4 Å². The minimum atomic E-state index is 0.0146. The lowest BCUT2D eigenvalue weighted by atomic mass is 10.1. The molecule has 2 nitrogen and oxygen atoms in total. The number of hydrogen-bond donors (Lipinski definition) is 1. The quantitative estimate of drug-likeness (QED) is 0.855. The minimum Gasteiger partial charge on any atom is -0.326 e. The van der Waals surface area contributed by atoms with Gasteiger partial charge in [-0.3, -0.25) is 4.79 Å². The van der Waals surface area contributed by atoms with Gasteiger partial charge in [0.2, 0.25) is 5.91 Å². The van der Waals surface area contributed by atoms with Gasteiger partial charge >= 0.3 is 0 Å². The Labute approximate surface area is 118 Å². The lowest BCUT2D eigenvalue weighted by Gasteiger charge is -2.06. The summed E-state index contributed by atoms with van der Waals surface area (Å²) in [7, 11) is 0. The maximum atomic E-state index is 11.9. The number of benzene rings is 2. The van der Waals surface area contributed by atoms with Gasteiger partial charge in [-0.05, 0) is 43.0 Å². The fourth-order valence-corrected chi connectivity index (χ4v) is 2.18. The summed E-state index contributed by atoms with van der Waals surface area (Å²) < 4.78 is 0. The van der Waals surface area contributed by atoms with Crippen LogP contribution < -0.4 is 5.32 Å². The fourth-order valence-electron chi connectivity index (χ4n) is 1.77. The van der Waals surface area contributed by atoms with Gasteiger partial charge in [0.25, 0.3) is 0 Å². The third kappa shape index (κ3) is 4.14. The topological polar surface area (TPSA) is 29.1 Å². The van der Waals surface area contributed by atoms with Crippen molar-refractivity contribution in [1.82, 2.24) is 0 Å². The zero-order chi connectivity index (χ0) is 13.7. The zero-order valence-corrected chi connectivity index (χ0v) is 12.0. The predicted octanol–water partition coefficient (Wildman–Crippen LogP) is 3.90. The highest BCUT2D eigenvalue weighted by atomic mass is 32.2. The molecule has 0 bridgehead atoms. The van der Waals surface area contributed by atoms with Gasteiger partial charge in [-0.25, -0.2) is 0 Å². The Bertz CT molecular complexity index is 546. The van der Waals surface area contributed by atoms with Crippen molar-refractivity contribution in [1.29, 1.82) is 0 Å². The van der Waals surface area contributed by atoms with Crippen molar-refractivity contribution in [2.24, 2.45) is 0 Å². The molecule has 19 heavy (non-hydrogen) atoms. The van der Waals surface area contributed by atoms with Gasteiger partial charge in [0.1, 0.15) is 0 Å². The molecule has 0 aromatic heterocycles. The summed E-state index contributed by atoms with van der Waals surface area (Å²) in [5.41, 5.74) is 3.06. The zero-order valence-electron chi connectivity index (χ0n) is 11.1. The summed E-state index contributed by atoms with van der Waals surface area (Å²) in [6.07, 6.45) is 2.45. The van der Waals surface area contributed by atoms with Gasteiger partial charge in [-0.15, -0.1) is 11.8 Å². The summed E-state index contributed by atoms with van der Waals surface area (Å²) in [6, 6.07) is 15.9. The number of aryl methyl sites for hydroxylation is 1. The van der Waals surface area contributed by atoms with E-state index in [0.717, 1.165) is 11.3 Å². The van der Waals surface area contributed by atoms with Gasteiger partial charge in [0.15, 0.2) is 0 Å². The van der Waals surface area contributed by atoms with Gasteiger partial charge in [0.05, 0.1) is 6.42 Å².